The Hall–Kier alpha value is -1.18. The van der Waals surface area contributed by atoms with Crippen LogP contribution in [0.25, 0.3) is 0 Å². The first-order chi connectivity index (χ1) is 11.7. The Morgan fingerprint density at radius 2 is 1.62 bits per heavy atom. The Morgan fingerprint density at radius 1 is 0.917 bits per heavy atom. The number of likely N-dealkylation sites (tertiary alicyclic amines) is 1. The number of nitrogens with zero attached hydrogens (tertiary/aromatic N) is 3. The van der Waals surface area contributed by atoms with E-state index in [1.807, 2.05) is 4.90 Å². The van der Waals surface area contributed by atoms with Crippen molar-refractivity contribution in [3.05, 3.63) is 0 Å². The first kappa shape index (κ1) is 17.6. The molecular formula is C17H30N4O3. The van der Waals surface area contributed by atoms with E-state index in [0.29, 0.717) is 19.6 Å². The number of nitrogens with one attached hydrogen (secondary N) is 1. The third-order valence-corrected chi connectivity index (χ3v) is 5.20. The molecule has 0 aromatic heterocycles. The fraction of sp³-hybridized carbons (Fsp3) is 0.882. The second kappa shape index (κ2) is 8.78. The van der Waals surface area contributed by atoms with Crippen LogP contribution in [0.3, 0.4) is 0 Å². The molecule has 0 unspecified atom stereocenters. The number of piperazine rings is 1. The molecule has 0 aromatic rings. The lowest BCUT2D eigenvalue weighted by Gasteiger charge is -2.35. The van der Waals surface area contributed by atoms with Gasteiger partial charge in [0.1, 0.15) is 0 Å². The van der Waals surface area contributed by atoms with Crippen molar-refractivity contribution in [3.8, 4) is 0 Å². The van der Waals surface area contributed by atoms with E-state index in [4.69, 9.17) is 4.74 Å². The van der Waals surface area contributed by atoms with E-state index in [9.17, 15) is 9.59 Å². The van der Waals surface area contributed by atoms with Gasteiger partial charge in [-0.15, -0.1) is 0 Å². The summed E-state index contributed by atoms with van der Waals surface area (Å²) in [7, 11) is 0. The monoisotopic (exact) mass is 338 g/mol. The number of ether oxygens (including phenoxy) is 1. The summed E-state index contributed by atoms with van der Waals surface area (Å²) < 4.78 is 5.51. The summed E-state index contributed by atoms with van der Waals surface area (Å²) in [6.45, 7) is 7.52. The highest BCUT2D eigenvalue weighted by Crippen LogP contribution is 2.11. The first-order valence-corrected chi connectivity index (χ1v) is 9.31. The molecule has 3 fully saturated rings. The summed E-state index contributed by atoms with van der Waals surface area (Å²) in [6, 6.07) is 0. The molecule has 3 saturated heterocycles. The zero-order valence-electron chi connectivity index (χ0n) is 14.5. The van der Waals surface area contributed by atoms with Gasteiger partial charge in [-0.05, 0) is 38.8 Å². The molecular weight excluding hydrogens is 308 g/mol. The topological polar surface area (TPSA) is 65.1 Å². The van der Waals surface area contributed by atoms with Gasteiger partial charge in [0, 0.05) is 39.3 Å². The van der Waals surface area contributed by atoms with E-state index in [2.05, 4.69) is 15.1 Å². The molecule has 24 heavy (non-hydrogen) atoms. The zero-order valence-corrected chi connectivity index (χ0v) is 14.5. The molecule has 3 aliphatic rings. The van der Waals surface area contributed by atoms with Crippen molar-refractivity contribution < 1.29 is 14.3 Å². The molecule has 1 atom stereocenters. The van der Waals surface area contributed by atoms with Crippen LogP contribution < -0.4 is 5.32 Å². The van der Waals surface area contributed by atoms with Gasteiger partial charge >= 0.3 is 0 Å². The molecule has 0 saturated carbocycles. The Morgan fingerprint density at radius 3 is 2.29 bits per heavy atom. The fourth-order valence-electron chi connectivity index (χ4n) is 3.68. The third kappa shape index (κ3) is 5.16. The highest BCUT2D eigenvalue weighted by Gasteiger charge is 2.25. The number of carbonyl (C=O) groups is 2. The summed E-state index contributed by atoms with van der Waals surface area (Å²) in [5, 5.41) is 2.96. The van der Waals surface area contributed by atoms with Gasteiger partial charge in [0.05, 0.1) is 19.2 Å². The predicted octanol–water partition coefficient (Wildman–Crippen LogP) is -0.478. The SMILES string of the molecule is O=C(CN1CCN(C(=O)CN2CCCC2)CC1)NC[C@@H]1CCCO1. The predicted molar refractivity (Wildman–Crippen MR) is 90.7 cm³/mol. The van der Waals surface area contributed by atoms with Crippen molar-refractivity contribution in [2.75, 3.05) is 65.5 Å². The van der Waals surface area contributed by atoms with Crippen LogP contribution in [-0.4, -0.2) is 98.1 Å². The van der Waals surface area contributed by atoms with Crippen LogP contribution in [0.2, 0.25) is 0 Å². The number of hydrogen-bond donors (Lipinski definition) is 1. The summed E-state index contributed by atoms with van der Waals surface area (Å²) in [6.07, 6.45) is 4.74. The molecule has 3 heterocycles. The Balaban J connectivity index is 1.30. The molecule has 3 rings (SSSR count). The number of carbonyl (C=O) groups excluding carboxylic acids is 2. The number of rotatable bonds is 6. The van der Waals surface area contributed by atoms with Crippen molar-refractivity contribution in [1.29, 1.82) is 0 Å². The molecule has 0 aromatic carbocycles. The minimum Gasteiger partial charge on any atom is -0.376 e. The van der Waals surface area contributed by atoms with Crippen LogP contribution in [0.15, 0.2) is 0 Å². The van der Waals surface area contributed by atoms with E-state index in [-0.39, 0.29) is 17.9 Å². The van der Waals surface area contributed by atoms with Crippen molar-refractivity contribution in [3.63, 3.8) is 0 Å². The summed E-state index contributed by atoms with van der Waals surface area (Å²) in [5.41, 5.74) is 0. The molecule has 0 radical (unpaired) electrons. The lowest BCUT2D eigenvalue weighted by molar-refractivity contribution is -0.134. The first-order valence-electron chi connectivity index (χ1n) is 9.31. The van der Waals surface area contributed by atoms with Crippen molar-refractivity contribution >= 4 is 11.8 Å². The summed E-state index contributed by atoms with van der Waals surface area (Å²) >= 11 is 0. The number of hydrogen-bond acceptors (Lipinski definition) is 5. The Labute approximate surface area is 144 Å². The van der Waals surface area contributed by atoms with Gasteiger partial charge in [0.2, 0.25) is 11.8 Å². The van der Waals surface area contributed by atoms with Crippen molar-refractivity contribution in [2.45, 2.75) is 31.8 Å². The lowest BCUT2D eigenvalue weighted by atomic mass is 10.2. The standard InChI is InChI=1S/C17H30N4O3/c22-16(18-12-15-4-3-11-24-15)13-20-7-9-21(10-8-20)17(23)14-19-5-1-2-6-19/h15H,1-14H2,(H,18,22)/t15-/m0/s1. The van der Waals surface area contributed by atoms with Crippen LogP contribution in [0, 0.1) is 0 Å². The minimum absolute atomic E-state index is 0.0577. The van der Waals surface area contributed by atoms with Crippen molar-refractivity contribution in [1.82, 2.24) is 20.0 Å². The van der Waals surface area contributed by atoms with Gasteiger partial charge in [0.15, 0.2) is 0 Å². The Bertz CT molecular complexity index is 426. The van der Waals surface area contributed by atoms with Crippen LogP contribution in [-0.2, 0) is 14.3 Å². The third-order valence-electron chi connectivity index (χ3n) is 5.20. The maximum Gasteiger partial charge on any atom is 0.236 e. The molecule has 7 nitrogen and oxygen atoms in total. The van der Waals surface area contributed by atoms with Gasteiger partial charge in [0.25, 0.3) is 0 Å². The second-order valence-corrected chi connectivity index (χ2v) is 7.08. The largest absolute Gasteiger partial charge is 0.376 e. The molecule has 0 bridgehead atoms. The van der Waals surface area contributed by atoms with E-state index in [1.165, 1.54) is 12.8 Å². The lowest BCUT2D eigenvalue weighted by Crippen LogP contribution is -2.53. The molecule has 1 N–H and O–H groups in total. The molecule has 0 aliphatic carbocycles. The minimum atomic E-state index is 0.0577. The van der Waals surface area contributed by atoms with Crippen LogP contribution in [0.4, 0.5) is 0 Å². The maximum atomic E-state index is 12.3. The van der Waals surface area contributed by atoms with E-state index in [1.54, 1.807) is 0 Å². The van der Waals surface area contributed by atoms with E-state index in [0.717, 1.165) is 58.7 Å². The second-order valence-electron chi connectivity index (χ2n) is 7.08. The summed E-state index contributed by atoms with van der Waals surface area (Å²) in [4.78, 5) is 30.6. The normalized spacial score (nSPS) is 26.0. The maximum absolute atomic E-state index is 12.3. The highest BCUT2D eigenvalue weighted by molar-refractivity contribution is 5.79. The Kier molecular flexibility index (Phi) is 6.45. The van der Waals surface area contributed by atoms with Gasteiger partial charge in [-0.3, -0.25) is 19.4 Å². The molecule has 7 heteroatoms. The quantitative estimate of drug-likeness (QED) is 0.709. The average Bonchev–Trinajstić information content (AvgIpc) is 3.27. The molecule has 0 spiro atoms. The number of amides is 2. The molecule has 2 amide bonds. The average molecular weight is 338 g/mol. The highest BCUT2D eigenvalue weighted by atomic mass is 16.5. The van der Waals surface area contributed by atoms with Crippen molar-refractivity contribution in [2.24, 2.45) is 0 Å². The van der Waals surface area contributed by atoms with Gasteiger partial charge in [-0.2, -0.15) is 0 Å². The molecule has 3 aliphatic heterocycles. The van der Waals surface area contributed by atoms with Gasteiger partial charge < -0.3 is 15.0 Å². The van der Waals surface area contributed by atoms with E-state index < -0.39 is 0 Å². The van der Waals surface area contributed by atoms with Crippen LogP contribution >= 0.6 is 0 Å². The molecule has 136 valence electrons. The van der Waals surface area contributed by atoms with E-state index >= 15 is 0 Å². The van der Waals surface area contributed by atoms with Crippen LogP contribution in [0.5, 0.6) is 0 Å². The fourth-order valence-corrected chi connectivity index (χ4v) is 3.68. The smallest absolute Gasteiger partial charge is 0.236 e. The zero-order chi connectivity index (χ0) is 16.8. The van der Waals surface area contributed by atoms with Gasteiger partial charge in [-0.25, -0.2) is 0 Å². The summed E-state index contributed by atoms with van der Waals surface area (Å²) in [5.74, 6) is 0.293. The van der Waals surface area contributed by atoms with Gasteiger partial charge in [-0.1, -0.05) is 0 Å². The van der Waals surface area contributed by atoms with Crippen LogP contribution in [0.1, 0.15) is 25.7 Å².